The van der Waals surface area contributed by atoms with Crippen LogP contribution in [0.4, 0.5) is 5.69 Å². The van der Waals surface area contributed by atoms with Crippen molar-refractivity contribution in [1.29, 1.82) is 0 Å². The summed E-state index contributed by atoms with van der Waals surface area (Å²) < 4.78 is 0. The van der Waals surface area contributed by atoms with Crippen LogP contribution < -0.4 is 4.90 Å². The van der Waals surface area contributed by atoms with Crippen LogP contribution in [0.5, 0.6) is 0 Å². The summed E-state index contributed by atoms with van der Waals surface area (Å²) >= 11 is 1.75. The number of hydrogen-bond donors (Lipinski definition) is 0. The Morgan fingerprint density at radius 2 is 1.95 bits per heavy atom. The van der Waals surface area contributed by atoms with Gasteiger partial charge in [0.1, 0.15) is 0 Å². The van der Waals surface area contributed by atoms with Crippen LogP contribution in [0.2, 0.25) is 0 Å². The smallest absolute Gasteiger partial charge is 0.0562 e. The van der Waals surface area contributed by atoms with E-state index in [9.17, 15) is 0 Å². The normalized spacial score (nSPS) is 33.2. The molecule has 0 saturated carbocycles. The van der Waals surface area contributed by atoms with Gasteiger partial charge in [0, 0.05) is 44.0 Å². The number of fused-ring (bicyclic) bond motifs is 1. The van der Waals surface area contributed by atoms with Gasteiger partial charge in [-0.25, -0.2) is 0 Å². The largest absolute Gasteiger partial charge is 0.366 e. The molecule has 0 N–H and O–H groups in total. The summed E-state index contributed by atoms with van der Waals surface area (Å²) in [5.41, 5.74) is 3.87. The molecule has 22 heavy (non-hydrogen) atoms. The number of pyridine rings is 1. The zero-order valence-corrected chi connectivity index (χ0v) is 13.5. The number of thiophene rings is 1. The lowest BCUT2D eigenvalue weighted by atomic mass is 9.84. The number of nitrogens with zero attached hydrogens (tertiary/aromatic N) is 3. The predicted molar refractivity (Wildman–Crippen MR) is 91.3 cm³/mol. The third-order valence-corrected chi connectivity index (χ3v) is 6.26. The van der Waals surface area contributed by atoms with Gasteiger partial charge >= 0.3 is 0 Å². The van der Waals surface area contributed by atoms with Gasteiger partial charge in [-0.05, 0) is 53.1 Å². The maximum absolute atomic E-state index is 4.54. The Morgan fingerprint density at radius 3 is 2.82 bits per heavy atom. The second-order valence-corrected chi connectivity index (χ2v) is 7.95. The standard InChI is InChI=1S/C18H21N3S/c1-2-22-12-15(1)16-5-17(7-19-6-16)21-10-14-3-13-4-18(21)11-20(8-13)9-14/h1-2,5-7,12-14,18H,3-4,8-11H2. The molecule has 3 nitrogen and oxygen atoms in total. The average molecular weight is 311 g/mol. The Hall–Kier alpha value is -1.39. The van der Waals surface area contributed by atoms with Gasteiger partial charge in [-0.2, -0.15) is 11.3 Å². The molecule has 4 saturated heterocycles. The first-order valence-electron chi connectivity index (χ1n) is 8.32. The van der Waals surface area contributed by atoms with E-state index in [-0.39, 0.29) is 0 Å². The maximum Gasteiger partial charge on any atom is 0.0562 e. The lowest BCUT2D eigenvalue weighted by Crippen LogP contribution is -2.49. The molecule has 114 valence electrons. The topological polar surface area (TPSA) is 19.4 Å². The van der Waals surface area contributed by atoms with Crippen molar-refractivity contribution in [2.24, 2.45) is 11.8 Å². The average Bonchev–Trinajstić information content (AvgIpc) is 2.99. The van der Waals surface area contributed by atoms with Crippen molar-refractivity contribution in [2.45, 2.75) is 18.9 Å². The minimum absolute atomic E-state index is 0.686. The van der Waals surface area contributed by atoms with Crippen LogP contribution in [-0.2, 0) is 0 Å². The van der Waals surface area contributed by atoms with E-state index in [0.717, 1.165) is 11.8 Å². The van der Waals surface area contributed by atoms with Crippen LogP contribution in [-0.4, -0.2) is 42.1 Å². The van der Waals surface area contributed by atoms with Crippen molar-refractivity contribution < 1.29 is 0 Å². The molecule has 6 rings (SSSR count). The van der Waals surface area contributed by atoms with Gasteiger partial charge in [0.2, 0.25) is 0 Å². The Bertz CT molecular complexity index is 655. The van der Waals surface area contributed by atoms with Crippen LogP contribution in [0.15, 0.2) is 35.3 Å². The minimum atomic E-state index is 0.686. The number of aromatic nitrogens is 1. The van der Waals surface area contributed by atoms with E-state index in [1.807, 2.05) is 6.20 Å². The molecular weight excluding hydrogens is 290 g/mol. The first-order chi connectivity index (χ1) is 10.8. The highest BCUT2D eigenvalue weighted by Gasteiger charge is 2.41. The fourth-order valence-corrected chi connectivity index (χ4v) is 5.44. The molecule has 4 unspecified atom stereocenters. The second-order valence-electron chi connectivity index (χ2n) is 7.17. The molecule has 0 spiro atoms. The predicted octanol–water partition coefficient (Wildman–Crippen LogP) is 3.34. The van der Waals surface area contributed by atoms with Crippen molar-refractivity contribution in [1.82, 2.24) is 9.88 Å². The number of piperidine rings is 2. The van der Waals surface area contributed by atoms with Gasteiger partial charge in [0.05, 0.1) is 11.9 Å². The molecule has 4 bridgehead atoms. The van der Waals surface area contributed by atoms with E-state index in [0.29, 0.717) is 6.04 Å². The lowest BCUT2D eigenvalue weighted by molar-refractivity contribution is 0.0980. The Balaban J connectivity index is 1.50. The Labute approximate surface area is 135 Å². The van der Waals surface area contributed by atoms with Crippen LogP contribution in [0.1, 0.15) is 12.8 Å². The Morgan fingerprint density at radius 1 is 1.00 bits per heavy atom. The molecule has 4 fully saturated rings. The van der Waals surface area contributed by atoms with E-state index in [1.54, 1.807) is 11.3 Å². The molecular formula is C18H21N3S. The molecule has 0 aliphatic carbocycles. The SMILES string of the molecule is c1cc(-c2cncc(N3CC4CC5CC3CN(C5)C4)c2)cs1. The highest BCUT2D eigenvalue weighted by Crippen LogP contribution is 2.39. The molecule has 4 aliphatic rings. The highest BCUT2D eigenvalue weighted by atomic mass is 32.1. The minimum Gasteiger partial charge on any atom is -0.366 e. The van der Waals surface area contributed by atoms with E-state index >= 15 is 0 Å². The van der Waals surface area contributed by atoms with Crippen molar-refractivity contribution in [3.63, 3.8) is 0 Å². The summed E-state index contributed by atoms with van der Waals surface area (Å²) in [5.74, 6) is 1.77. The van der Waals surface area contributed by atoms with Crippen molar-refractivity contribution >= 4 is 17.0 Å². The van der Waals surface area contributed by atoms with Gasteiger partial charge in [-0.15, -0.1) is 0 Å². The number of rotatable bonds is 2. The van der Waals surface area contributed by atoms with E-state index in [4.69, 9.17) is 0 Å². The first kappa shape index (κ1) is 13.1. The quantitative estimate of drug-likeness (QED) is 0.848. The van der Waals surface area contributed by atoms with Crippen LogP contribution >= 0.6 is 11.3 Å². The van der Waals surface area contributed by atoms with Gasteiger partial charge in [0.15, 0.2) is 0 Å². The highest BCUT2D eigenvalue weighted by molar-refractivity contribution is 7.08. The third kappa shape index (κ3) is 2.17. The van der Waals surface area contributed by atoms with Gasteiger partial charge < -0.3 is 9.80 Å². The summed E-state index contributed by atoms with van der Waals surface area (Å²) in [4.78, 5) is 9.90. The molecule has 4 atom stereocenters. The first-order valence-corrected chi connectivity index (χ1v) is 9.26. The Kier molecular flexibility index (Phi) is 3.01. The monoisotopic (exact) mass is 311 g/mol. The van der Waals surface area contributed by atoms with Gasteiger partial charge in [-0.1, -0.05) is 0 Å². The molecule has 6 heterocycles. The van der Waals surface area contributed by atoms with Crippen molar-refractivity contribution in [2.75, 3.05) is 31.1 Å². The fourth-order valence-electron chi connectivity index (χ4n) is 4.78. The van der Waals surface area contributed by atoms with Gasteiger partial charge in [-0.3, -0.25) is 4.98 Å². The molecule has 0 amide bonds. The van der Waals surface area contributed by atoms with E-state index < -0.39 is 0 Å². The number of hydrogen-bond acceptors (Lipinski definition) is 4. The fraction of sp³-hybridized carbons (Fsp3) is 0.500. The molecule has 0 radical (unpaired) electrons. The summed E-state index contributed by atoms with van der Waals surface area (Å²) in [6, 6.07) is 5.22. The van der Waals surface area contributed by atoms with Gasteiger partial charge in [0.25, 0.3) is 0 Å². The summed E-state index contributed by atoms with van der Waals surface area (Å²) in [6.07, 6.45) is 6.87. The van der Waals surface area contributed by atoms with Crippen molar-refractivity contribution in [3.8, 4) is 11.1 Å². The molecule has 2 aromatic heterocycles. The second kappa shape index (κ2) is 5.07. The van der Waals surface area contributed by atoms with Crippen LogP contribution in [0.3, 0.4) is 0 Å². The maximum atomic E-state index is 4.54. The molecule has 4 aliphatic heterocycles. The van der Waals surface area contributed by atoms with Crippen molar-refractivity contribution in [3.05, 3.63) is 35.3 Å². The molecule has 4 heteroatoms. The van der Waals surface area contributed by atoms with Crippen LogP contribution in [0.25, 0.3) is 11.1 Å². The third-order valence-electron chi connectivity index (χ3n) is 5.58. The zero-order chi connectivity index (χ0) is 14.5. The lowest BCUT2D eigenvalue weighted by Gasteiger charge is -2.41. The summed E-state index contributed by atoms with van der Waals surface area (Å²) in [7, 11) is 0. The molecule has 2 aromatic rings. The molecule has 0 aromatic carbocycles. The van der Waals surface area contributed by atoms with Crippen LogP contribution in [0, 0.1) is 11.8 Å². The summed E-state index contributed by atoms with van der Waals surface area (Å²) in [5, 5.41) is 4.35. The van der Waals surface area contributed by atoms with E-state index in [2.05, 4.69) is 43.9 Å². The van der Waals surface area contributed by atoms with E-state index in [1.165, 1.54) is 55.8 Å². The zero-order valence-electron chi connectivity index (χ0n) is 12.7. The summed E-state index contributed by atoms with van der Waals surface area (Å²) in [6.45, 7) is 5.11. The number of anilines is 1.